The molecule has 92 valence electrons. The summed E-state index contributed by atoms with van der Waals surface area (Å²) in [4.78, 5) is 0. The highest BCUT2D eigenvalue weighted by Crippen LogP contribution is 2.15. The van der Waals surface area contributed by atoms with E-state index in [-0.39, 0.29) is 0 Å². The molecule has 0 amide bonds. The van der Waals surface area contributed by atoms with Gasteiger partial charge in [0.25, 0.3) is 0 Å². The van der Waals surface area contributed by atoms with Gasteiger partial charge in [-0.15, -0.1) is 0 Å². The lowest BCUT2D eigenvalue weighted by Crippen LogP contribution is -2.18. The normalized spacial score (nSPS) is 13.0. The van der Waals surface area contributed by atoms with Crippen LogP contribution >= 0.6 is 0 Å². The third-order valence-electron chi connectivity index (χ3n) is 3.10. The molecular weight excluding hydrogens is 198 g/mol. The van der Waals surface area contributed by atoms with Crippen LogP contribution < -0.4 is 5.73 Å². The minimum Gasteiger partial charge on any atom is -0.330 e. The Balaban J connectivity index is 2.73. The van der Waals surface area contributed by atoms with Crippen molar-refractivity contribution in [3.8, 4) is 0 Å². The fraction of sp³-hybridized carbons (Fsp3) is 0.769. The largest absolute Gasteiger partial charge is 0.330 e. The number of aromatic nitrogens is 2. The van der Waals surface area contributed by atoms with Crippen molar-refractivity contribution < 1.29 is 0 Å². The van der Waals surface area contributed by atoms with Crippen LogP contribution in [-0.2, 0) is 19.4 Å². The van der Waals surface area contributed by atoms with Gasteiger partial charge in [0.2, 0.25) is 0 Å². The van der Waals surface area contributed by atoms with E-state index in [9.17, 15) is 0 Å². The van der Waals surface area contributed by atoms with Crippen LogP contribution in [0.4, 0.5) is 0 Å². The molecule has 1 rings (SSSR count). The van der Waals surface area contributed by atoms with Gasteiger partial charge in [0.1, 0.15) is 0 Å². The Morgan fingerprint density at radius 1 is 1.38 bits per heavy atom. The maximum absolute atomic E-state index is 5.81. The average Bonchev–Trinajstić information content (AvgIpc) is 2.70. The minimum absolute atomic E-state index is 0.608. The first-order chi connectivity index (χ1) is 7.74. The van der Waals surface area contributed by atoms with Gasteiger partial charge in [0.05, 0.1) is 5.69 Å². The molecule has 0 bridgehead atoms. The van der Waals surface area contributed by atoms with Crippen LogP contribution in [0.15, 0.2) is 6.07 Å². The van der Waals surface area contributed by atoms with Gasteiger partial charge in [-0.1, -0.05) is 20.3 Å². The number of nitrogens with zero attached hydrogens (tertiary/aromatic N) is 2. The Morgan fingerprint density at radius 2 is 2.12 bits per heavy atom. The molecule has 0 aliphatic carbocycles. The zero-order valence-corrected chi connectivity index (χ0v) is 10.9. The SMILES string of the molecule is CCCC(CN)Cc1cc(CC)nn1CC. The van der Waals surface area contributed by atoms with Crippen LogP contribution in [0.3, 0.4) is 0 Å². The summed E-state index contributed by atoms with van der Waals surface area (Å²) in [6.07, 6.45) is 4.52. The van der Waals surface area contributed by atoms with Crippen LogP contribution in [-0.4, -0.2) is 16.3 Å². The second kappa shape index (κ2) is 6.69. The van der Waals surface area contributed by atoms with E-state index < -0.39 is 0 Å². The van der Waals surface area contributed by atoms with Gasteiger partial charge < -0.3 is 5.73 Å². The van der Waals surface area contributed by atoms with E-state index in [1.165, 1.54) is 24.2 Å². The molecule has 0 radical (unpaired) electrons. The second-order valence-corrected chi connectivity index (χ2v) is 4.39. The molecule has 0 saturated carbocycles. The first kappa shape index (κ1) is 13.2. The molecule has 1 aromatic heterocycles. The van der Waals surface area contributed by atoms with Crippen LogP contribution in [0, 0.1) is 5.92 Å². The summed E-state index contributed by atoms with van der Waals surface area (Å²) in [5, 5.41) is 4.57. The molecule has 0 aromatic carbocycles. The number of hydrogen-bond acceptors (Lipinski definition) is 2. The van der Waals surface area contributed by atoms with Gasteiger partial charge >= 0.3 is 0 Å². The Morgan fingerprint density at radius 3 is 2.62 bits per heavy atom. The van der Waals surface area contributed by atoms with Crippen molar-refractivity contribution >= 4 is 0 Å². The first-order valence-corrected chi connectivity index (χ1v) is 6.50. The molecule has 1 unspecified atom stereocenters. The van der Waals surface area contributed by atoms with Gasteiger partial charge in [0, 0.05) is 12.2 Å². The third kappa shape index (κ3) is 3.34. The van der Waals surface area contributed by atoms with Crippen molar-refractivity contribution in [3.63, 3.8) is 0 Å². The quantitative estimate of drug-likeness (QED) is 0.771. The highest BCUT2D eigenvalue weighted by Gasteiger charge is 2.11. The van der Waals surface area contributed by atoms with E-state index in [4.69, 9.17) is 5.73 Å². The predicted molar refractivity (Wildman–Crippen MR) is 68.4 cm³/mol. The Hall–Kier alpha value is -0.830. The molecule has 1 atom stereocenters. The Bertz CT molecular complexity index is 304. The zero-order chi connectivity index (χ0) is 12.0. The molecule has 0 aliphatic heterocycles. The van der Waals surface area contributed by atoms with Gasteiger partial charge in [-0.05, 0) is 44.7 Å². The molecule has 1 aromatic rings. The summed E-state index contributed by atoms with van der Waals surface area (Å²) in [6, 6.07) is 2.24. The number of hydrogen-bond donors (Lipinski definition) is 1. The van der Waals surface area contributed by atoms with E-state index in [0.717, 1.165) is 25.9 Å². The van der Waals surface area contributed by atoms with E-state index in [0.29, 0.717) is 5.92 Å². The molecule has 0 saturated heterocycles. The van der Waals surface area contributed by atoms with E-state index in [1.807, 2.05) is 0 Å². The number of nitrogens with two attached hydrogens (primary N) is 1. The standard InChI is InChI=1S/C13H25N3/c1-4-7-11(10-14)8-13-9-12(5-2)15-16(13)6-3/h9,11H,4-8,10,14H2,1-3H3. The van der Waals surface area contributed by atoms with Crippen molar-refractivity contribution in [2.75, 3.05) is 6.54 Å². The van der Waals surface area contributed by atoms with Gasteiger partial charge in [-0.2, -0.15) is 5.10 Å². The maximum atomic E-state index is 5.81. The molecule has 0 aliphatic rings. The molecule has 3 nitrogen and oxygen atoms in total. The summed E-state index contributed by atoms with van der Waals surface area (Å²) < 4.78 is 2.12. The fourth-order valence-electron chi connectivity index (χ4n) is 2.13. The van der Waals surface area contributed by atoms with Gasteiger partial charge in [-0.25, -0.2) is 0 Å². The van der Waals surface area contributed by atoms with Gasteiger partial charge in [0.15, 0.2) is 0 Å². The molecule has 16 heavy (non-hydrogen) atoms. The Labute approximate surface area is 99.0 Å². The lowest BCUT2D eigenvalue weighted by atomic mass is 9.98. The van der Waals surface area contributed by atoms with Crippen LogP contribution in [0.2, 0.25) is 0 Å². The lowest BCUT2D eigenvalue weighted by molar-refractivity contribution is 0.465. The van der Waals surface area contributed by atoms with Crippen molar-refractivity contribution in [1.82, 2.24) is 9.78 Å². The number of aryl methyl sites for hydroxylation is 2. The van der Waals surface area contributed by atoms with Crippen molar-refractivity contribution in [2.45, 2.75) is 53.0 Å². The second-order valence-electron chi connectivity index (χ2n) is 4.39. The summed E-state index contributed by atoms with van der Waals surface area (Å²) in [6.45, 7) is 8.26. The molecular formula is C13H25N3. The smallest absolute Gasteiger partial charge is 0.0624 e. The van der Waals surface area contributed by atoms with Crippen molar-refractivity contribution in [3.05, 3.63) is 17.5 Å². The Kier molecular flexibility index (Phi) is 5.53. The molecule has 3 heteroatoms. The lowest BCUT2D eigenvalue weighted by Gasteiger charge is -2.14. The van der Waals surface area contributed by atoms with Gasteiger partial charge in [-0.3, -0.25) is 4.68 Å². The molecule has 2 N–H and O–H groups in total. The summed E-state index contributed by atoms with van der Waals surface area (Å²) in [7, 11) is 0. The van der Waals surface area contributed by atoms with Crippen molar-refractivity contribution in [2.24, 2.45) is 11.7 Å². The van der Waals surface area contributed by atoms with Crippen molar-refractivity contribution in [1.29, 1.82) is 0 Å². The molecule has 1 heterocycles. The van der Waals surface area contributed by atoms with E-state index >= 15 is 0 Å². The van der Waals surface area contributed by atoms with Crippen LogP contribution in [0.25, 0.3) is 0 Å². The monoisotopic (exact) mass is 223 g/mol. The van der Waals surface area contributed by atoms with Crippen LogP contribution in [0.1, 0.15) is 45.0 Å². The fourth-order valence-corrected chi connectivity index (χ4v) is 2.13. The summed E-state index contributed by atoms with van der Waals surface area (Å²) >= 11 is 0. The van der Waals surface area contributed by atoms with E-state index in [2.05, 4.69) is 36.6 Å². The average molecular weight is 223 g/mol. The molecule has 0 fully saturated rings. The highest BCUT2D eigenvalue weighted by molar-refractivity contribution is 5.11. The third-order valence-corrected chi connectivity index (χ3v) is 3.10. The predicted octanol–water partition coefficient (Wildman–Crippen LogP) is 2.38. The maximum Gasteiger partial charge on any atom is 0.0624 e. The summed E-state index contributed by atoms with van der Waals surface area (Å²) in [5.74, 6) is 0.608. The van der Waals surface area contributed by atoms with E-state index in [1.54, 1.807) is 0 Å². The first-order valence-electron chi connectivity index (χ1n) is 6.50. The van der Waals surface area contributed by atoms with Crippen LogP contribution in [0.5, 0.6) is 0 Å². The minimum atomic E-state index is 0.608. The molecule has 0 spiro atoms. The summed E-state index contributed by atoms with van der Waals surface area (Å²) in [5.41, 5.74) is 8.36. The zero-order valence-electron chi connectivity index (χ0n) is 10.9. The topological polar surface area (TPSA) is 43.8 Å². The highest BCUT2D eigenvalue weighted by atomic mass is 15.3. The number of rotatable bonds is 7.